The molecule has 21 heavy (non-hydrogen) atoms. The maximum Gasteiger partial charge on any atom is 0.305 e. The molecule has 0 fully saturated rings. The highest BCUT2D eigenvalue weighted by atomic mass is 16.5. The molecule has 1 rings (SSSR count). The molecule has 1 atom stereocenters. The molecular formula is C15H20N2O4. The number of aromatic nitrogens is 1. The summed E-state index contributed by atoms with van der Waals surface area (Å²) in [5, 5.41) is 2.74. The van der Waals surface area contributed by atoms with Crippen LogP contribution in [0.25, 0.3) is 0 Å². The van der Waals surface area contributed by atoms with Crippen molar-refractivity contribution in [3.05, 3.63) is 29.6 Å². The molecule has 0 aliphatic rings. The standard InChI is InChI=1S/C15H20N2O4/c1-4-14(19)11-5-6-12(16-9-11)13(17-10(2)18)7-8-15(20)21-3/h5-6,9,13H,4,7-8H2,1-3H3,(H,17,18)/t13-/m0/s1. The molecule has 6 nitrogen and oxygen atoms in total. The second-order valence-corrected chi connectivity index (χ2v) is 4.62. The van der Waals surface area contributed by atoms with Crippen molar-refractivity contribution in [2.75, 3.05) is 7.11 Å². The first-order chi connectivity index (χ1) is 9.97. The van der Waals surface area contributed by atoms with E-state index in [4.69, 9.17) is 0 Å². The van der Waals surface area contributed by atoms with Crippen LogP contribution >= 0.6 is 0 Å². The second kappa shape index (κ2) is 8.14. The van der Waals surface area contributed by atoms with Gasteiger partial charge in [0.2, 0.25) is 5.91 Å². The highest BCUT2D eigenvalue weighted by Gasteiger charge is 2.16. The van der Waals surface area contributed by atoms with Gasteiger partial charge in [0.05, 0.1) is 18.8 Å². The summed E-state index contributed by atoms with van der Waals surface area (Å²) < 4.78 is 4.59. The van der Waals surface area contributed by atoms with Gasteiger partial charge in [0.1, 0.15) is 0 Å². The minimum absolute atomic E-state index is 0.0136. The van der Waals surface area contributed by atoms with Crippen LogP contribution < -0.4 is 5.32 Å². The number of ether oxygens (including phenoxy) is 1. The largest absolute Gasteiger partial charge is 0.469 e. The SMILES string of the molecule is CCC(=O)c1ccc([C@H](CCC(=O)OC)NC(C)=O)nc1. The maximum atomic E-state index is 11.6. The van der Waals surface area contributed by atoms with Crippen LogP contribution in [-0.2, 0) is 14.3 Å². The summed E-state index contributed by atoms with van der Waals surface area (Å²) in [6, 6.07) is 2.99. The van der Waals surface area contributed by atoms with Crippen LogP contribution in [-0.4, -0.2) is 29.8 Å². The molecule has 1 N–H and O–H groups in total. The molecule has 0 unspecified atom stereocenters. The molecule has 1 aromatic rings. The molecule has 0 aromatic carbocycles. The average molecular weight is 292 g/mol. The van der Waals surface area contributed by atoms with Crippen molar-refractivity contribution in [1.82, 2.24) is 10.3 Å². The van der Waals surface area contributed by atoms with Crippen molar-refractivity contribution in [3.63, 3.8) is 0 Å². The number of Topliss-reactive ketones (excluding diaryl/α,β-unsaturated/α-hetero) is 1. The lowest BCUT2D eigenvalue weighted by atomic mass is 10.0. The monoisotopic (exact) mass is 292 g/mol. The van der Waals surface area contributed by atoms with Crippen molar-refractivity contribution in [2.45, 2.75) is 39.2 Å². The van der Waals surface area contributed by atoms with Crippen LogP contribution in [0.2, 0.25) is 0 Å². The van der Waals surface area contributed by atoms with Gasteiger partial charge in [-0.2, -0.15) is 0 Å². The van der Waals surface area contributed by atoms with Gasteiger partial charge in [0, 0.05) is 31.5 Å². The fourth-order valence-electron chi connectivity index (χ4n) is 1.88. The van der Waals surface area contributed by atoms with Gasteiger partial charge in [-0.3, -0.25) is 19.4 Å². The lowest BCUT2D eigenvalue weighted by Gasteiger charge is -2.17. The van der Waals surface area contributed by atoms with Crippen molar-refractivity contribution in [3.8, 4) is 0 Å². The normalized spacial score (nSPS) is 11.6. The smallest absolute Gasteiger partial charge is 0.305 e. The number of esters is 1. The Morgan fingerprint density at radius 1 is 1.33 bits per heavy atom. The van der Waals surface area contributed by atoms with Crippen molar-refractivity contribution in [1.29, 1.82) is 0 Å². The maximum absolute atomic E-state index is 11.6. The molecule has 0 bridgehead atoms. The molecular weight excluding hydrogens is 272 g/mol. The first kappa shape index (κ1) is 16.8. The van der Waals surface area contributed by atoms with Gasteiger partial charge in [-0.1, -0.05) is 6.92 Å². The zero-order valence-corrected chi connectivity index (χ0v) is 12.5. The van der Waals surface area contributed by atoms with Gasteiger partial charge in [0.25, 0.3) is 0 Å². The number of nitrogens with zero attached hydrogens (tertiary/aromatic N) is 1. The van der Waals surface area contributed by atoms with Crippen molar-refractivity contribution in [2.24, 2.45) is 0 Å². The highest BCUT2D eigenvalue weighted by molar-refractivity contribution is 5.95. The predicted octanol–water partition coefficient (Wildman–Crippen LogP) is 1.80. The molecule has 0 spiro atoms. The summed E-state index contributed by atoms with van der Waals surface area (Å²) in [6.07, 6.45) is 2.48. The molecule has 1 heterocycles. The molecule has 6 heteroatoms. The number of methoxy groups -OCH3 is 1. The van der Waals surface area contributed by atoms with E-state index in [-0.39, 0.29) is 30.1 Å². The summed E-state index contributed by atoms with van der Waals surface area (Å²) in [6.45, 7) is 3.19. The molecule has 0 aliphatic carbocycles. The predicted molar refractivity (Wildman–Crippen MR) is 76.7 cm³/mol. The number of amides is 1. The number of rotatable bonds is 7. The van der Waals surface area contributed by atoms with Crippen LogP contribution in [0.3, 0.4) is 0 Å². The van der Waals surface area contributed by atoms with E-state index < -0.39 is 0 Å². The van der Waals surface area contributed by atoms with E-state index in [2.05, 4.69) is 15.0 Å². The number of hydrogen-bond acceptors (Lipinski definition) is 5. The first-order valence-corrected chi connectivity index (χ1v) is 6.81. The number of carbonyl (C=O) groups is 3. The van der Waals surface area contributed by atoms with Crippen molar-refractivity contribution < 1.29 is 19.1 Å². The highest BCUT2D eigenvalue weighted by Crippen LogP contribution is 2.17. The topological polar surface area (TPSA) is 85.4 Å². The number of carbonyl (C=O) groups excluding carboxylic acids is 3. The van der Waals surface area contributed by atoms with Gasteiger partial charge in [0.15, 0.2) is 5.78 Å². The third kappa shape index (κ3) is 5.33. The molecule has 0 radical (unpaired) electrons. The Balaban J connectivity index is 2.84. The summed E-state index contributed by atoms with van der Waals surface area (Å²) in [7, 11) is 1.32. The van der Waals surface area contributed by atoms with E-state index in [0.717, 1.165) is 0 Å². The van der Waals surface area contributed by atoms with Crippen LogP contribution in [0.4, 0.5) is 0 Å². The molecule has 0 saturated heterocycles. The molecule has 1 aromatic heterocycles. The van der Waals surface area contributed by atoms with Gasteiger partial charge in [-0.25, -0.2) is 0 Å². The first-order valence-electron chi connectivity index (χ1n) is 6.81. The molecule has 0 aliphatic heterocycles. The minimum atomic E-state index is -0.382. The number of hydrogen-bond donors (Lipinski definition) is 1. The third-order valence-electron chi connectivity index (χ3n) is 3.03. The Labute approximate surface area is 123 Å². The van der Waals surface area contributed by atoms with Crippen molar-refractivity contribution >= 4 is 17.7 Å². The summed E-state index contributed by atoms with van der Waals surface area (Å²) in [5.41, 5.74) is 1.15. The van der Waals surface area contributed by atoms with Gasteiger partial charge >= 0.3 is 5.97 Å². The zero-order valence-electron chi connectivity index (χ0n) is 12.5. The summed E-state index contributed by atoms with van der Waals surface area (Å²) in [4.78, 5) is 38.2. The second-order valence-electron chi connectivity index (χ2n) is 4.62. The Hall–Kier alpha value is -2.24. The Kier molecular flexibility index (Phi) is 6.52. The van der Waals surface area contributed by atoms with Crippen LogP contribution in [0.5, 0.6) is 0 Å². The van der Waals surface area contributed by atoms with E-state index in [1.54, 1.807) is 19.1 Å². The molecule has 1 amide bonds. The quantitative estimate of drug-likeness (QED) is 0.612. The average Bonchev–Trinajstić information content (AvgIpc) is 2.50. The Bertz CT molecular complexity index is 511. The van der Waals surface area contributed by atoms with E-state index >= 15 is 0 Å². The van der Waals surface area contributed by atoms with Crippen LogP contribution in [0.15, 0.2) is 18.3 Å². The number of pyridine rings is 1. The number of nitrogens with one attached hydrogen (secondary N) is 1. The van der Waals surface area contributed by atoms with E-state index in [1.807, 2.05) is 0 Å². The zero-order chi connectivity index (χ0) is 15.8. The van der Waals surface area contributed by atoms with Crippen LogP contribution in [0, 0.1) is 0 Å². The third-order valence-corrected chi connectivity index (χ3v) is 3.03. The van der Waals surface area contributed by atoms with E-state index in [0.29, 0.717) is 24.1 Å². The lowest BCUT2D eigenvalue weighted by molar-refractivity contribution is -0.141. The Morgan fingerprint density at radius 3 is 2.52 bits per heavy atom. The Morgan fingerprint density at radius 2 is 2.05 bits per heavy atom. The summed E-state index contributed by atoms with van der Waals surface area (Å²) >= 11 is 0. The van der Waals surface area contributed by atoms with Gasteiger partial charge in [-0.05, 0) is 18.6 Å². The fourth-order valence-corrected chi connectivity index (χ4v) is 1.88. The van der Waals surface area contributed by atoms with E-state index in [9.17, 15) is 14.4 Å². The molecule has 0 saturated carbocycles. The fraction of sp³-hybridized carbons (Fsp3) is 0.467. The minimum Gasteiger partial charge on any atom is -0.469 e. The van der Waals surface area contributed by atoms with Crippen LogP contribution in [0.1, 0.15) is 55.2 Å². The van der Waals surface area contributed by atoms with Gasteiger partial charge < -0.3 is 10.1 Å². The van der Waals surface area contributed by atoms with E-state index in [1.165, 1.54) is 20.2 Å². The van der Waals surface area contributed by atoms with Gasteiger partial charge in [-0.15, -0.1) is 0 Å². The molecule has 114 valence electrons. The number of ketones is 1. The lowest BCUT2D eigenvalue weighted by Crippen LogP contribution is -2.27. The summed E-state index contributed by atoms with van der Waals surface area (Å²) in [5.74, 6) is -0.539.